The zero-order chi connectivity index (χ0) is 22.7. The lowest BCUT2D eigenvalue weighted by atomic mass is 9.98. The molecule has 0 unspecified atom stereocenters. The second kappa shape index (κ2) is 9.73. The highest BCUT2D eigenvalue weighted by Crippen LogP contribution is 2.35. The molecule has 1 saturated heterocycles. The van der Waals surface area contributed by atoms with Crippen molar-refractivity contribution in [1.82, 2.24) is 4.90 Å². The van der Waals surface area contributed by atoms with Crippen molar-refractivity contribution in [2.45, 2.75) is 32.4 Å². The first-order valence-electron chi connectivity index (χ1n) is 10.7. The summed E-state index contributed by atoms with van der Waals surface area (Å²) in [6.07, 6.45) is 1.67. The van der Waals surface area contributed by atoms with Crippen LogP contribution >= 0.6 is 23.4 Å². The predicted octanol–water partition coefficient (Wildman–Crippen LogP) is 5.17. The van der Waals surface area contributed by atoms with Gasteiger partial charge in [-0.3, -0.25) is 9.79 Å². The van der Waals surface area contributed by atoms with E-state index >= 15 is 0 Å². The second-order valence-corrected chi connectivity index (χ2v) is 9.50. The predicted molar refractivity (Wildman–Crippen MR) is 132 cm³/mol. The van der Waals surface area contributed by atoms with Crippen LogP contribution in [0.5, 0.6) is 0 Å². The van der Waals surface area contributed by atoms with Crippen LogP contribution in [0.25, 0.3) is 0 Å². The van der Waals surface area contributed by atoms with Crippen LogP contribution in [0.15, 0.2) is 52.4 Å². The van der Waals surface area contributed by atoms with Crippen molar-refractivity contribution >= 4 is 45.7 Å². The lowest BCUT2D eigenvalue weighted by Gasteiger charge is -2.34. The minimum absolute atomic E-state index is 0.136. The number of thioether (sulfide) groups is 1. The number of aliphatic imine (C=N–C) groups is 2. The van der Waals surface area contributed by atoms with Gasteiger partial charge in [0.15, 0.2) is 5.66 Å². The molecule has 4 rings (SSSR count). The number of benzene rings is 2. The Bertz CT molecular complexity index is 1060. The first-order valence-corrected chi connectivity index (χ1v) is 12.1. The molecule has 0 bridgehead atoms. The molecular weight excluding hydrogens is 447 g/mol. The molecule has 0 aliphatic carbocycles. The molecular formula is C24H26ClFN4OS. The maximum atomic E-state index is 13.5. The molecule has 5 nitrogen and oxygen atoms in total. The van der Waals surface area contributed by atoms with Gasteiger partial charge >= 0.3 is 0 Å². The smallest absolute Gasteiger partial charge is 0.234 e. The van der Waals surface area contributed by atoms with E-state index in [-0.39, 0.29) is 17.5 Å². The highest BCUT2D eigenvalue weighted by Gasteiger charge is 2.39. The number of nitrogens with one attached hydrogen (secondary N) is 1. The van der Waals surface area contributed by atoms with Crippen molar-refractivity contribution in [2.75, 3.05) is 30.7 Å². The number of nitrogens with zero attached hydrogens (tertiary/aromatic N) is 3. The van der Waals surface area contributed by atoms with Gasteiger partial charge in [-0.05, 0) is 55.4 Å². The number of rotatable bonds is 5. The monoisotopic (exact) mass is 472 g/mol. The summed E-state index contributed by atoms with van der Waals surface area (Å²) in [7, 11) is 0. The highest BCUT2D eigenvalue weighted by atomic mass is 35.5. The van der Waals surface area contributed by atoms with Gasteiger partial charge in [-0.25, -0.2) is 9.38 Å². The Labute approximate surface area is 197 Å². The van der Waals surface area contributed by atoms with Gasteiger partial charge in [0.25, 0.3) is 0 Å². The molecule has 0 saturated carbocycles. The Kier molecular flexibility index (Phi) is 6.98. The van der Waals surface area contributed by atoms with Crippen LogP contribution in [0.4, 0.5) is 10.1 Å². The summed E-state index contributed by atoms with van der Waals surface area (Å²) in [5, 5.41) is 4.24. The summed E-state index contributed by atoms with van der Waals surface area (Å²) in [6, 6.07) is 11.7. The Morgan fingerprint density at radius 3 is 2.59 bits per heavy atom. The molecule has 2 heterocycles. The Hall–Kier alpha value is -2.22. The van der Waals surface area contributed by atoms with Gasteiger partial charge in [0, 0.05) is 42.2 Å². The number of hydrogen-bond donors (Lipinski definition) is 1. The number of piperidine rings is 1. The van der Waals surface area contributed by atoms with Crippen LogP contribution in [0.2, 0.25) is 5.02 Å². The van der Waals surface area contributed by atoms with E-state index in [4.69, 9.17) is 21.6 Å². The topological polar surface area (TPSA) is 57.1 Å². The molecule has 1 amide bonds. The standard InChI is InChI=1S/C24H26ClFN4OS/c1-3-30-12-10-24(11-13-30)28-22(17-5-8-19(26)9-6-17)23(29-24)32-15-21(31)27-20-14-18(25)7-4-16(20)2/h4-9,14H,3,10-13,15H2,1-2H3,(H,27,31). The summed E-state index contributed by atoms with van der Waals surface area (Å²) in [4.78, 5) is 25.0. The van der Waals surface area contributed by atoms with E-state index in [1.54, 1.807) is 24.3 Å². The second-order valence-electron chi connectivity index (χ2n) is 8.10. The summed E-state index contributed by atoms with van der Waals surface area (Å²) in [5.41, 5.74) is 2.72. The summed E-state index contributed by atoms with van der Waals surface area (Å²) in [5.74, 6) is -0.230. The van der Waals surface area contributed by atoms with Crippen molar-refractivity contribution in [3.05, 3.63) is 64.4 Å². The molecule has 1 fully saturated rings. The van der Waals surface area contributed by atoms with Gasteiger partial charge in [0.05, 0.1) is 11.5 Å². The van der Waals surface area contributed by atoms with Gasteiger partial charge in [-0.1, -0.05) is 36.4 Å². The first-order chi connectivity index (χ1) is 15.4. The van der Waals surface area contributed by atoms with Gasteiger partial charge in [-0.2, -0.15) is 0 Å². The third-order valence-electron chi connectivity index (χ3n) is 5.87. The van der Waals surface area contributed by atoms with Crippen LogP contribution in [-0.2, 0) is 4.79 Å². The van der Waals surface area contributed by atoms with E-state index in [9.17, 15) is 9.18 Å². The zero-order valence-corrected chi connectivity index (χ0v) is 19.8. The largest absolute Gasteiger partial charge is 0.325 e. The highest BCUT2D eigenvalue weighted by molar-refractivity contribution is 8.16. The number of aryl methyl sites for hydroxylation is 1. The minimum atomic E-state index is -0.488. The van der Waals surface area contributed by atoms with E-state index in [2.05, 4.69) is 17.1 Å². The fraction of sp³-hybridized carbons (Fsp3) is 0.375. The number of anilines is 1. The molecule has 0 atom stereocenters. The van der Waals surface area contributed by atoms with Crippen molar-refractivity contribution in [2.24, 2.45) is 9.98 Å². The van der Waals surface area contributed by atoms with Gasteiger partial charge in [0.1, 0.15) is 10.9 Å². The summed E-state index contributed by atoms with van der Waals surface area (Å²) in [6.45, 7) is 6.97. The molecule has 2 aromatic carbocycles. The Morgan fingerprint density at radius 2 is 1.91 bits per heavy atom. The lowest BCUT2D eigenvalue weighted by Crippen LogP contribution is -2.41. The molecule has 0 radical (unpaired) electrons. The van der Waals surface area contributed by atoms with Gasteiger partial charge < -0.3 is 10.2 Å². The average Bonchev–Trinajstić information content (AvgIpc) is 3.14. The average molecular weight is 473 g/mol. The Balaban J connectivity index is 1.51. The molecule has 0 aromatic heterocycles. The van der Waals surface area contributed by atoms with Crippen molar-refractivity contribution < 1.29 is 9.18 Å². The zero-order valence-electron chi connectivity index (χ0n) is 18.2. The quantitative estimate of drug-likeness (QED) is 0.652. The van der Waals surface area contributed by atoms with E-state index in [1.807, 2.05) is 13.0 Å². The van der Waals surface area contributed by atoms with Crippen LogP contribution in [0.3, 0.4) is 0 Å². The minimum Gasteiger partial charge on any atom is -0.325 e. The number of carbonyl (C=O) groups is 1. The molecule has 1 spiro atoms. The number of amides is 1. The Morgan fingerprint density at radius 1 is 1.19 bits per heavy atom. The van der Waals surface area contributed by atoms with Crippen LogP contribution in [0, 0.1) is 12.7 Å². The molecule has 2 aliphatic rings. The van der Waals surface area contributed by atoms with Gasteiger partial charge in [0.2, 0.25) is 5.91 Å². The molecule has 168 valence electrons. The normalized spacial score (nSPS) is 17.9. The number of hydrogen-bond acceptors (Lipinski definition) is 5. The molecule has 1 N–H and O–H groups in total. The van der Waals surface area contributed by atoms with Crippen LogP contribution < -0.4 is 5.32 Å². The third-order valence-corrected chi connectivity index (χ3v) is 7.07. The molecule has 2 aromatic rings. The number of carbonyl (C=O) groups excluding carboxylic acids is 1. The number of halogens is 2. The fourth-order valence-corrected chi connectivity index (χ4v) is 4.97. The van der Waals surface area contributed by atoms with E-state index < -0.39 is 5.66 Å². The number of likely N-dealkylation sites (tertiary alicyclic amines) is 1. The van der Waals surface area contributed by atoms with Crippen LogP contribution in [-0.4, -0.2) is 52.6 Å². The van der Waals surface area contributed by atoms with Crippen molar-refractivity contribution in [3.8, 4) is 0 Å². The van der Waals surface area contributed by atoms with E-state index in [0.717, 1.165) is 54.4 Å². The van der Waals surface area contributed by atoms with E-state index in [0.29, 0.717) is 10.7 Å². The SMILES string of the molecule is CCN1CCC2(CC1)N=C(SCC(=O)Nc1cc(Cl)ccc1C)C(c1ccc(F)cc1)=N2. The molecule has 32 heavy (non-hydrogen) atoms. The molecule has 2 aliphatic heterocycles. The van der Waals surface area contributed by atoms with Crippen molar-refractivity contribution in [1.29, 1.82) is 0 Å². The maximum Gasteiger partial charge on any atom is 0.234 e. The van der Waals surface area contributed by atoms with Crippen molar-refractivity contribution in [3.63, 3.8) is 0 Å². The fourth-order valence-electron chi connectivity index (χ4n) is 3.92. The summed E-state index contributed by atoms with van der Waals surface area (Å²) >= 11 is 7.43. The molecule has 8 heteroatoms. The third kappa shape index (κ3) is 5.22. The maximum absolute atomic E-state index is 13.5. The van der Waals surface area contributed by atoms with E-state index in [1.165, 1.54) is 23.9 Å². The van der Waals surface area contributed by atoms with Gasteiger partial charge in [-0.15, -0.1) is 0 Å². The first kappa shape index (κ1) is 23.0. The lowest BCUT2D eigenvalue weighted by molar-refractivity contribution is -0.113. The summed E-state index contributed by atoms with van der Waals surface area (Å²) < 4.78 is 13.5. The van der Waals surface area contributed by atoms with Crippen LogP contribution in [0.1, 0.15) is 30.9 Å².